The number of hydrogen-bond donors (Lipinski definition) is 3. The van der Waals surface area contributed by atoms with Gasteiger partial charge in [-0.15, -0.1) is 0 Å². The van der Waals surface area contributed by atoms with E-state index in [9.17, 15) is 4.79 Å². The Morgan fingerprint density at radius 1 is 1.27 bits per heavy atom. The number of carbonyl (C=O) groups is 1. The molecular formula is C21H25N7OS. The molecule has 1 fully saturated rings. The molecule has 3 aromatic rings. The van der Waals surface area contributed by atoms with Crippen LogP contribution >= 0.6 is 11.3 Å². The van der Waals surface area contributed by atoms with Gasteiger partial charge in [0.2, 0.25) is 5.91 Å². The fourth-order valence-corrected chi connectivity index (χ4v) is 5.45. The Labute approximate surface area is 179 Å². The van der Waals surface area contributed by atoms with Gasteiger partial charge < -0.3 is 16.0 Å². The summed E-state index contributed by atoms with van der Waals surface area (Å²) in [7, 11) is 1.87. The lowest BCUT2D eigenvalue weighted by atomic mass is 9.95. The van der Waals surface area contributed by atoms with E-state index in [1.807, 2.05) is 19.3 Å². The highest BCUT2D eigenvalue weighted by molar-refractivity contribution is 7.19. The van der Waals surface area contributed by atoms with Crippen LogP contribution in [0.4, 0.5) is 10.9 Å². The zero-order valence-corrected chi connectivity index (χ0v) is 18.0. The van der Waals surface area contributed by atoms with E-state index in [-0.39, 0.29) is 5.91 Å². The quantitative estimate of drug-likeness (QED) is 0.597. The maximum absolute atomic E-state index is 11.5. The van der Waals surface area contributed by atoms with Gasteiger partial charge in [-0.05, 0) is 50.9 Å². The highest BCUT2D eigenvalue weighted by Crippen LogP contribution is 2.44. The number of carbonyl (C=O) groups excluding carboxylic acids is 1. The van der Waals surface area contributed by atoms with E-state index in [1.54, 1.807) is 11.3 Å². The number of piperidine rings is 1. The third kappa shape index (κ3) is 3.37. The molecule has 1 aliphatic heterocycles. The Morgan fingerprint density at radius 3 is 2.80 bits per heavy atom. The van der Waals surface area contributed by atoms with Crippen LogP contribution in [0, 0.1) is 0 Å². The zero-order valence-electron chi connectivity index (χ0n) is 17.2. The Morgan fingerprint density at radius 2 is 2.10 bits per heavy atom. The van der Waals surface area contributed by atoms with Crippen LogP contribution in [-0.4, -0.2) is 45.8 Å². The van der Waals surface area contributed by atoms with Crippen LogP contribution in [0.5, 0.6) is 0 Å². The predicted octanol–water partition coefficient (Wildman–Crippen LogP) is 3.09. The number of pyridine rings is 1. The molecule has 0 spiro atoms. The summed E-state index contributed by atoms with van der Waals surface area (Å²) in [6.45, 7) is 3.52. The maximum atomic E-state index is 11.5. The topological polar surface area (TPSA) is 96.8 Å². The molecule has 4 heterocycles. The number of nitrogens with one attached hydrogen (secondary N) is 3. The predicted molar refractivity (Wildman–Crippen MR) is 119 cm³/mol. The molecule has 3 aromatic heterocycles. The van der Waals surface area contributed by atoms with Gasteiger partial charge in [0, 0.05) is 31.3 Å². The van der Waals surface area contributed by atoms with Gasteiger partial charge in [-0.2, -0.15) is 5.10 Å². The van der Waals surface area contributed by atoms with Crippen molar-refractivity contribution >= 4 is 28.2 Å². The van der Waals surface area contributed by atoms with Crippen molar-refractivity contribution in [1.82, 2.24) is 25.1 Å². The van der Waals surface area contributed by atoms with E-state index >= 15 is 0 Å². The molecule has 0 unspecified atom stereocenters. The summed E-state index contributed by atoms with van der Waals surface area (Å²) in [5.41, 5.74) is 5.54. The second kappa shape index (κ2) is 7.81. The molecule has 1 aliphatic carbocycles. The van der Waals surface area contributed by atoms with Crippen molar-refractivity contribution in [3.05, 3.63) is 29.6 Å². The average Bonchev–Trinajstić information content (AvgIpc) is 3.35. The lowest BCUT2D eigenvalue weighted by molar-refractivity contribution is -0.114. The van der Waals surface area contributed by atoms with E-state index in [0.717, 1.165) is 66.4 Å². The second-order valence-electron chi connectivity index (χ2n) is 7.76. The van der Waals surface area contributed by atoms with E-state index in [4.69, 9.17) is 10.1 Å². The van der Waals surface area contributed by atoms with Crippen LogP contribution in [0.1, 0.15) is 37.1 Å². The van der Waals surface area contributed by atoms with Gasteiger partial charge in [-0.25, -0.2) is 9.97 Å². The van der Waals surface area contributed by atoms with Gasteiger partial charge in [0.05, 0.1) is 28.0 Å². The summed E-state index contributed by atoms with van der Waals surface area (Å²) >= 11 is 1.55. The summed E-state index contributed by atoms with van der Waals surface area (Å²) in [4.78, 5) is 21.9. The van der Waals surface area contributed by atoms with Gasteiger partial charge in [0.15, 0.2) is 5.13 Å². The molecular weight excluding hydrogens is 398 g/mol. The van der Waals surface area contributed by atoms with Gasteiger partial charge in [0.1, 0.15) is 5.82 Å². The number of nitrogens with zero attached hydrogens (tertiary/aromatic N) is 4. The molecule has 156 valence electrons. The first-order valence-corrected chi connectivity index (χ1v) is 11.2. The van der Waals surface area contributed by atoms with Crippen LogP contribution in [0.2, 0.25) is 0 Å². The standard InChI is InChI=1S/C21H25N7OS/c1-12(29)25-21-26-16-5-4-15-18(13-3-6-17(22-2)24-11-13)27-28(19(15)20(16)30-21)14-7-9-23-10-8-14/h3,6,11,14,23H,4-5,7-10H2,1-2H3,(H,22,24)(H,25,26,29). The summed E-state index contributed by atoms with van der Waals surface area (Å²) < 4.78 is 2.23. The van der Waals surface area contributed by atoms with Crippen molar-refractivity contribution in [2.24, 2.45) is 0 Å². The molecule has 5 rings (SSSR count). The number of aromatic nitrogens is 4. The lowest BCUT2D eigenvalue weighted by Gasteiger charge is -2.25. The van der Waals surface area contributed by atoms with Crippen LogP contribution in [-0.2, 0) is 17.6 Å². The molecule has 3 N–H and O–H groups in total. The largest absolute Gasteiger partial charge is 0.373 e. The second-order valence-corrected chi connectivity index (χ2v) is 8.76. The minimum atomic E-state index is -0.0930. The molecule has 30 heavy (non-hydrogen) atoms. The number of anilines is 2. The fraction of sp³-hybridized carbons (Fsp3) is 0.429. The van der Waals surface area contributed by atoms with Gasteiger partial charge in [0.25, 0.3) is 0 Å². The smallest absolute Gasteiger partial charge is 0.223 e. The maximum Gasteiger partial charge on any atom is 0.223 e. The molecule has 2 aliphatic rings. The Bertz CT molecular complexity index is 1080. The molecule has 0 radical (unpaired) electrons. The third-order valence-corrected chi connectivity index (χ3v) is 6.78. The summed E-state index contributed by atoms with van der Waals surface area (Å²) in [5, 5.41) is 15.2. The molecule has 1 saturated heterocycles. The minimum absolute atomic E-state index is 0.0930. The van der Waals surface area contributed by atoms with Crippen molar-refractivity contribution in [2.75, 3.05) is 30.8 Å². The van der Waals surface area contributed by atoms with Gasteiger partial charge >= 0.3 is 0 Å². The van der Waals surface area contributed by atoms with Crippen molar-refractivity contribution in [3.8, 4) is 21.8 Å². The zero-order chi connectivity index (χ0) is 20.7. The van der Waals surface area contributed by atoms with E-state index < -0.39 is 0 Å². The Balaban J connectivity index is 1.64. The molecule has 0 bridgehead atoms. The third-order valence-electron chi connectivity index (χ3n) is 5.76. The van der Waals surface area contributed by atoms with Crippen LogP contribution in [0.15, 0.2) is 18.3 Å². The molecule has 0 saturated carbocycles. The monoisotopic (exact) mass is 423 g/mol. The average molecular weight is 424 g/mol. The highest BCUT2D eigenvalue weighted by atomic mass is 32.1. The minimum Gasteiger partial charge on any atom is -0.373 e. The number of thiazole rings is 1. The molecule has 1 amide bonds. The molecule has 9 heteroatoms. The number of amides is 1. The lowest BCUT2D eigenvalue weighted by Crippen LogP contribution is -2.30. The first kappa shape index (κ1) is 19.2. The van der Waals surface area contributed by atoms with Crippen LogP contribution in [0.3, 0.4) is 0 Å². The molecule has 8 nitrogen and oxygen atoms in total. The summed E-state index contributed by atoms with van der Waals surface area (Å²) in [6.07, 6.45) is 5.74. The Hall–Kier alpha value is -2.78. The van der Waals surface area contributed by atoms with Crippen molar-refractivity contribution < 1.29 is 4.79 Å². The van der Waals surface area contributed by atoms with Gasteiger partial charge in [-0.3, -0.25) is 9.48 Å². The summed E-state index contributed by atoms with van der Waals surface area (Å²) in [5.74, 6) is 0.750. The number of hydrogen-bond acceptors (Lipinski definition) is 7. The molecule has 0 aromatic carbocycles. The van der Waals surface area contributed by atoms with E-state index in [1.165, 1.54) is 18.2 Å². The SMILES string of the molecule is CNc1ccc(-c2nn(C3CCNCC3)c3c2CCc2nc(NC(C)=O)sc2-3)cn1. The normalized spacial score (nSPS) is 16.1. The van der Waals surface area contributed by atoms with E-state index in [2.05, 4.69) is 31.7 Å². The van der Waals surface area contributed by atoms with Crippen molar-refractivity contribution in [2.45, 2.75) is 38.6 Å². The number of fused-ring (bicyclic) bond motifs is 3. The van der Waals surface area contributed by atoms with Crippen molar-refractivity contribution in [3.63, 3.8) is 0 Å². The highest BCUT2D eigenvalue weighted by Gasteiger charge is 2.32. The van der Waals surface area contributed by atoms with Crippen LogP contribution in [0.25, 0.3) is 21.8 Å². The summed E-state index contributed by atoms with van der Waals surface area (Å²) in [6, 6.07) is 4.43. The van der Waals surface area contributed by atoms with E-state index in [0.29, 0.717) is 11.2 Å². The van der Waals surface area contributed by atoms with Crippen LogP contribution < -0.4 is 16.0 Å². The number of rotatable bonds is 4. The van der Waals surface area contributed by atoms with Gasteiger partial charge in [-0.1, -0.05) is 11.3 Å². The Kier molecular flexibility index (Phi) is 5.00. The first-order chi connectivity index (χ1) is 14.6. The molecule has 0 atom stereocenters. The first-order valence-electron chi connectivity index (χ1n) is 10.4. The fourth-order valence-electron chi connectivity index (χ4n) is 4.33. The number of aryl methyl sites for hydroxylation is 1. The van der Waals surface area contributed by atoms with Crippen molar-refractivity contribution in [1.29, 1.82) is 0 Å².